The lowest BCUT2D eigenvalue weighted by molar-refractivity contribution is 0.0939. The monoisotopic (exact) mass is 452 g/mol. The molecule has 1 aliphatic rings. The van der Waals surface area contributed by atoms with Crippen LogP contribution in [0.1, 0.15) is 42.7 Å². The van der Waals surface area contributed by atoms with Crippen molar-refractivity contribution in [1.82, 2.24) is 9.62 Å². The molecule has 7 nitrogen and oxygen atoms in total. The number of amides is 1. The summed E-state index contributed by atoms with van der Waals surface area (Å²) in [6.07, 6.45) is 0. The Labute approximate surface area is 182 Å². The van der Waals surface area contributed by atoms with Gasteiger partial charge < -0.3 is 14.8 Å². The van der Waals surface area contributed by atoms with Gasteiger partial charge in [0, 0.05) is 18.7 Å². The maximum Gasteiger partial charge on any atom is 0.251 e. The summed E-state index contributed by atoms with van der Waals surface area (Å²) in [5, 5.41) is 2.97. The van der Waals surface area contributed by atoms with Crippen molar-refractivity contribution in [2.75, 3.05) is 26.3 Å². The molecule has 30 heavy (non-hydrogen) atoms. The molecule has 0 fully saturated rings. The van der Waals surface area contributed by atoms with Crippen molar-refractivity contribution in [2.45, 2.75) is 31.7 Å². The third-order valence-corrected chi connectivity index (χ3v) is 7.46. The summed E-state index contributed by atoms with van der Waals surface area (Å²) in [5.74, 6) is 0.913. The van der Waals surface area contributed by atoms with Crippen molar-refractivity contribution < 1.29 is 22.7 Å². The molecule has 0 aromatic heterocycles. The van der Waals surface area contributed by atoms with Crippen LogP contribution in [0, 0.1) is 0 Å². The summed E-state index contributed by atoms with van der Waals surface area (Å²) in [5.41, 5.74) is 1.06. The minimum Gasteiger partial charge on any atom is -0.486 e. The molecule has 2 aromatic rings. The highest BCUT2D eigenvalue weighted by Gasteiger charge is 2.26. The van der Waals surface area contributed by atoms with E-state index in [1.165, 1.54) is 22.5 Å². The molecule has 0 radical (unpaired) electrons. The first-order valence-electron chi connectivity index (χ1n) is 9.78. The van der Waals surface area contributed by atoms with Crippen molar-refractivity contribution >= 4 is 27.5 Å². The lowest BCUT2D eigenvalue weighted by Crippen LogP contribution is -2.31. The smallest absolute Gasteiger partial charge is 0.251 e. The molecule has 2 aromatic carbocycles. The van der Waals surface area contributed by atoms with E-state index in [2.05, 4.69) is 5.32 Å². The van der Waals surface area contributed by atoms with Gasteiger partial charge in [-0.2, -0.15) is 4.31 Å². The largest absolute Gasteiger partial charge is 0.486 e. The van der Waals surface area contributed by atoms with Crippen LogP contribution in [0.15, 0.2) is 41.3 Å². The molecule has 1 N–H and O–H groups in total. The molecule has 3 rings (SSSR count). The fourth-order valence-corrected chi connectivity index (χ4v) is 5.20. The second kappa shape index (κ2) is 9.24. The van der Waals surface area contributed by atoms with Crippen molar-refractivity contribution in [3.63, 3.8) is 0 Å². The number of benzene rings is 2. The number of nitrogens with zero attached hydrogens (tertiary/aromatic N) is 1. The molecular weight excluding hydrogens is 428 g/mol. The number of rotatable bonds is 7. The molecule has 0 saturated carbocycles. The number of halogens is 1. The predicted octanol–water partition coefficient (Wildman–Crippen LogP) is 3.63. The van der Waals surface area contributed by atoms with Gasteiger partial charge in [-0.15, -0.1) is 0 Å². The number of fused-ring (bicyclic) bond motifs is 1. The quantitative estimate of drug-likeness (QED) is 0.693. The highest BCUT2D eigenvalue weighted by atomic mass is 35.5. The molecule has 0 spiro atoms. The van der Waals surface area contributed by atoms with Crippen LogP contribution in [-0.2, 0) is 10.0 Å². The summed E-state index contributed by atoms with van der Waals surface area (Å²) in [4.78, 5) is 12.7. The van der Waals surface area contributed by atoms with Gasteiger partial charge in [0.1, 0.15) is 18.1 Å². The second-order valence-electron chi connectivity index (χ2n) is 6.83. The van der Waals surface area contributed by atoms with Crippen molar-refractivity contribution in [2.24, 2.45) is 0 Å². The lowest BCUT2D eigenvalue weighted by Gasteiger charge is -2.21. The van der Waals surface area contributed by atoms with Crippen LogP contribution in [0.2, 0.25) is 5.02 Å². The van der Waals surface area contributed by atoms with E-state index < -0.39 is 15.9 Å². The summed E-state index contributed by atoms with van der Waals surface area (Å²) in [6, 6.07) is 9.43. The van der Waals surface area contributed by atoms with E-state index in [1.807, 2.05) is 25.1 Å². The highest BCUT2D eigenvalue weighted by molar-refractivity contribution is 7.89. The zero-order chi connectivity index (χ0) is 21.9. The van der Waals surface area contributed by atoms with Gasteiger partial charge >= 0.3 is 0 Å². The van der Waals surface area contributed by atoms with Crippen molar-refractivity contribution in [3.8, 4) is 11.5 Å². The van der Waals surface area contributed by atoms with Gasteiger partial charge in [-0.05, 0) is 42.8 Å². The van der Waals surface area contributed by atoms with Gasteiger partial charge in [-0.25, -0.2) is 8.42 Å². The maximum atomic E-state index is 12.9. The van der Waals surface area contributed by atoms with Crippen LogP contribution < -0.4 is 14.8 Å². The SMILES string of the molecule is CCN(CC)S(=O)(=O)c1cc(C(=O)NC(C)c2ccc3c(c2)OCCO3)ccc1Cl. The van der Waals surface area contributed by atoms with Gasteiger partial charge in [-0.3, -0.25) is 4.79 Å². The van der Waals surface area contributed by atoms with E-state index >= 15 is 0 Å². The summed E-state index contributed by atoms with van der Waals surface area (Å²) >= 11 is 6.15. The number of hydrogen-bond donors (Lipinski definition) is 1. The fourth-order valence-electron chi connectivity index (χ4n) is 3.24. The highest BCUT2D eigenvalue weighted by Crippen LogP contribution is 2.33. The van der Waals surface area contributed by atoms with Gasteiger partial charge in [0.05, 0.1) is 11.1 Å². The normalized spacial score (nSPS) is 14.4. The summed E-state index contributed by atoms with van der Waals surface area (Å²) in [7, 11) is -3.79. The predicted molar refractivity (Wildman–Crippen MR) is 115 cm³/mol. The van der Waals surface area contributed by atoms with Gasteiger partial charge in [0.2, 0.25) is 10.0 Å². The fraction of sp³-hybridized carbons (Fsp3) is 0.381. The average Bonchev–Trinajstić information content (AvgIpc) is 2.74. The third-order valence-electron chi connectivity index (χ3n) is 4.93. The average molecular weight is 453 g/mol. The molecule has 0 saturated heterocycles. The molecule has 1 atom stereocenters. The van der Waals surface area contributed by atoms with Crippen molar-refractivity contribution in [1.29, 1.82) is 0 Å². The zero-order valence-corrected chi connectivity index (χ0v) is 18.7. The Morgan fingerprint density at radius 3 is 2.43 bits per heavy atom. The van der Waals surface area contributed by atoms with Crippen LogP contribution in [0.3, 0.4) is 0 Å². The Balaban J connectivity index is 1.82. The van der Waals surface area contributed by atoms with E-state index in [4.69, 9.17) is 21.1 Å². The first-order valence-corrected chi connectivity index (χ1v) is 11.6. The number of nitrogens with one attached hydrogen (secondary N) is 1. The van der Waals surface area contributed by atoms with E-state index in [0.29, 0.717) is 37.8 Å². The van der Waals surface area contributed by atoms with E-state index in [9.17, 15) is 13.2 Å². The molecule has 1 amide bonds. The van der Waals surface area contributed by atoms with Gasteiger partial charge in [0.25, 0.3) is 5.91 Å². The minimum absolute atomic E-state index is 0.0764. The molecule has 1 aliphatic heterocycles. The molecular formula is C21H25ClN2O5S. The van der Waals surface area contributed by atoms with Crippen molar-refractivity contribution in [3.05, 3.63) is 52.5 Å². The minimum atomic E-state index is -3.79. The molecule has 1 heterocycles. The lowest BCUT2D eigenvalue weighted by atomic mass is 10.1. The number of sulfonamides is 1. The Morgan fingerprint density at radius 2 is 1.77 bits per heavy atom. The molecule has 9 heteroatoms. The Morgan fingerprint density at radius 1 is 1.10 bits per heavy atom. The van der Waals surface area contributed by atoms with Gasteiger partial charge in [0.15, 0.2) is 11.5 Å². The third kappa shape index (κ3) is 4.55. The molecule has 0 aliphatic carbocycles. The standard InChI is InChI=1S/C21H25ClN2O5S/c1-4-24(5-2)30(26,27)20-13-16(6-8-17(20)22)21(25)23-14(3)15-7-9-18-19(12-15)29-11-10-28-18/h6-9,12-14H,4-5,10-11H2,1-3H3,(H,23,25). The zero-order valence-electron chi connectivity index (χ0n) is 17.1. The molecule has 1 unspecified atom stereocenters. The van der Waals surface area contributed by atoms with Crippen LogP contribution in [-0.4, -0.2) is 44.9 Å². The number of ether oxygens (including phenoxy) is 2. The maximum absolute atomic E-state index is 12.9. The topological polar surface area (TPSA) is 84.9 Å². The molecule has 162 valence electrons. The summed E-state index contributed by atoms with van der Waals surface area (Å²) < 4.78 is 38.1. The second-order valence-corrected chi connectivity index (χ2v) is 9.15. The van der Waals surface area contributed by atoms with E-state index in [-0.39, 0.29) is 21.5 Å². The van der Waals surface area contributed by atoms with Crippen LogP contribution in [0.5, 0.6) is 11.5 Å². The number of carbonyl (C=O) groups excluding carboxylic acids is 1. The van der Waals surface area contributed by atoms with Crippen LogP contribution >= 0.6 is 11.6 Å². The van der Waals surface area contributed by atoms with Gasteiger partial charge in [-0.1, -0.05) is 31.5 Å². The van der Waals surface area contributed by atoms with E-state index in [0.717, 1.165) is 5.56 Å². The Hall–Kier alpha value is -2.29. The Bertz CT molecular complexity index is 1040. The number of hydrogen-bond acceptors (Lipinski definition) is 5. The number of carbonyl (C=O) groups is 1. The first-order chi connectivity index (χ1) is 14.3. The Kier molecular flexibility index (Phi) is 6.90. The summed E-state index contributed by atoms with van der Waals surface area (Å²) in [6.45, 7) is 6.95. The van der Waals surface area contributed by atoms with Crippen LogP contribution in [0.25, 0.3) is 0 Å². The molecule has 0 bridgehead atoms. The van der Waals surface area contributed by atoms with Crippen LogP contribution in [0.4, 0.5) is 0 Å². The van der Waals surface area contributed by atoms with E-state index in [1.54, 1.807) is 13.8 Å². The first kappa shape index (κ1) is 22.4.